The van der Waals surface area contributed by atoms with Crippen LogP contribution in [0.25, 0.3) is 5.65 Å². The van der Waals surface area contributed by atoms with Crippen molar-refractivity contribution in [1.82, 2.24) is 29.4 Å². The van der Waals surface area contributed by atoms with Crippen LogP contribution in [0.3, 0.4) is 0 Å². The Morgan fingerprint density at radius 1 is 1.03 bits per heavy atom. The van der Waals surface area contributed by atoms with Crippen LogP contribution in [0.1, 0.15) is 34.7 Å². The molecule has 0 fully saturated rings. The van der Waals surface area contributed by atoms with E-state index in [9.17, 15) is 9.59 Å². The third-order valence-electron chi connectivity index (χ3n) is 4.65. The van der Waals surface area contributed by atoms with Crippen molar-refractivity contribution in [3.63, 3.8) is 0 Å². The largest absolute Gasteiger partial charge is 0.324 e. The summed E-state index contributed by atoms with van der Waals surface area (Å²) in [6.07, 6.45) is 4.37. The van der Waals surface area contributed by atoms with Crippen molar-refractivity contribution < 1.29 is 9.59 Å². The fourth-order valence-corrected chi connectivity index (χ4v) is 3.05. The van der Waals surface area contributed by atoms with Gasteiger partial charge >= 0.3 is 0 Å². The highest BCUT2D eigenvalue weighted by Gasteiger charge is 2.17. The van der Waals surface area contributed by atoms with E-state index < -0.39 is 6.04 Å². The number of carbonyl (C=O) groups excluding carboxylic acids is 2. The summed E-state index contributed by atoms with van der Waals surface area (Å²) in [6, 6.07) is 8.25. The molecule has 0 saturated carbocycles. The molecule has 0 aliphatic heterocycles. The average Bonchev–Trinajstić information content (AvgIpc) is 3.39. The normalized spacial score (nSPS) is 12.0. The van der Waals surface area contributed by atoms with E-state index in [-0.39, 0.29) is 11.8 Å². The first-order valence-corrected chi connectivity index (χ1v) is 9.31. The van der Waals surface area contributed by atoms with Gasteiger partial charge in [0.15, 0.2) is 5.65 Å². The van der Waals surface area contributed by atoms with Gasteiger partial charge in [-0.2, -0.15) is 10.2 Å². The Bertz CT molecular complexity index is 1210. The fraction of sp³-hybridized carbons (Fsp3) is 0.200. The van der Waals surface area contributed by atoms with Gasteiger partial charge < -0.3 is 10.6 Å². The molecule has 3 heterocycles. The summed E-state index contributed by atoms with van der Waals surface area (Å²) in [5, 5.41) is 13.9. The summed E-state index contributed by atoms with van der Waals surface area (Å²) >= 11 is 0. The topological polar surface area (TPSA) is 119 Å². The monoisotopic (exact) mass is 404 g/mol. The number of benzene rings is 1. The molecular weight excluding hydrogens is 384 g/mol. The van der Waals surface area contributed by atoms with E-state index in [0.29, 0.717) is 22.6 Å². The zero-order valence-electron chi connectivity index (χ0n) is 16.7. The van der Waals surface area contributed by atoms with E-state index in [1.165, 1.54) is 23.5 Å². The highest BCUT2D eigenvalue weighted by atomic mass is 16.2. The molecule has 1 aromatic carbocycles. The molecule has 0 saturated heterocycles. The molecule has 1 unspecified atom stereocenters. The van der Waals surface area contributed by atoms with Crippen LogP contribution in [0.2, 0.25) is 0 Å². The van der Waals surface area contributed by atoms with Gasteiger partial charge in [0.1, 0.15) is 24.3 Å². The molecule has 4 aromatic rings. The molecule has 152 valence electrons. The lowest BCUT2D eigenvalue weighted by atomic mass is 10.2. The molecule has 0 radical (unpaired) electrons. The number of hydrogen-bond donors (Lipinski definition) is 2. The maximum absolute atomic E-state index is 12.7. The molecule has 10 nitrogen and oxygen atoms in total. The van der Waals surface area contributed by atoms with Gasteiger partial charge in [0, 0.05) is 22.8 Å². The zero-order chi connectivity index (χ0) is 21.3. The Morgan fingerprint density at radius 2 is 1.73 bits per heavy atom. The number of aryl methyl sites for hydroxylation is 2. The van der Waals surface area contributed by atoms with Crippen LogP contribution in [0, 0.1) is 13.8 Å². The number of fused-ring (bicyclic) bond motifs is 1. The Kier molecular flexibility index (Phi) is 4.97. The van der Waals surface area contributed by atoms with E-state index in [2.05, 4.69) is 30.8 Å². The number of nitrogens with zero attached hydrogens (tertiary/aromatic N) is 6. The van der Waals surface area contributed by atoms with E-state index in [4.69, 9.17) is 0 Å². The summed E-state index contributed by atoms with van der Waals surface area (Å²) in [5.41, 5.74) is 3.81. The number of aromatic nitrogens is 6. The van der Waals surface area contributed by atoms with Crippen molar-refractivity contribution in [1.29, 1.82) is 0 Å². The molecule has 0 spiro atoms. The molecule has 4 rings (SSSR count). The average molecular weight is 404 g/mol. The van der Waals surface area contributed by atoms with Crippen molar-refractivity contribution in [3.8, 4) is 0 Å². The quantitative estimate of drug-likeness (QED) is 0.527. The number of amides is 2. The second kappa shape index (κ2) is 7.74. The molecule has 2 amide bonds. The second-order valence-electron chi connectivity index (χ2n) is 6.90. The van der Waals surface area contributed by atoms with Crippen LogP contribution in [0.4, 0.5) is 11.4 Å². The second-order valence-corrected chi connectivity index (χ2v) is 6.90. The summed E-state index contributed by atoms with van der Waals surface area (Å²) in [4.78, 5) is 33.3. The zero-order valence-corrected chi connectivity index (χ0v) is 16.7. The summed E-state index contributed by atoms with van der Waals surface area (Å²) in [7, 11) is 0. The predicted molar refractivity (Wildman–Crippen MR) is 110 cm³/mol. The number of carbonyl (C=O) groups is 2. The minimum atomic E-state index is -0.498. The van der Waals surface area contributed by atoms with E-state index in [1.54, 1.807) is 35.7 Å². The number of anilines is 2. The number of nitrogens with one attached hydrogen (secondary N) is 2. The van der Waals surface area contributed by atoms with Gasteiger partial charge in [-0.25, -0.2) is 19.2 Å². The number of rotatable bonds is 5. The molecule has 3 aromatic heterocycles. The van der Waals surface area contributed by atoms with Crippen LogP contribution in [0.15, 0.2) is 49.2 Å². The first-order chi connectivity index (χ1) is 14.4. The lowest BCUT2D eigenvalue weighted by Crippen LogP contribution is -2.24. The minimum absolute atomic E-state index is 0.222. The molecule has 2 N–H and O–H groups in total. The van der Waals surface area contributed by atoms with Crippen molar-refractivity contribution in [2.45, 2.75) is 26.8 Å². The molecule has 0 aliphatic carbocycles. The van der Waals surface area contributed by atoms with Gasteiger partial charge in [-0.3, -0.25) is 9.59 Å². The van der Waals surface area contributed by atoms with Crippen LogP contribution in [-0.4, -0.2) is 41.2 Å². The van der Waals surface area contributed by atoms with Gasteiger partial charge in [0.2, 0.25) is 5.91 Å². The lowest BCUT2D eigenvalue weighted by Gasteiger charge is -2.12. The minimum Gasteiger partial charge on any atom is -0.324 e. The maximum atomic E-state index is 12.7. The van der Waals surface area contributed by atoms with Crippen molar-refractivity contribution in [2.75, 3.05) is 10.6 Å². The standard InChI is InChI=1S/C20H20N8O2/c1-12-8-13(2)28-18(24-12)17(9-22-28)20(30)26-16-6-4-15(5-7-16)25-19(29)14(3)27-11-21-10-23-27/h4-11,14H,1-3H3,(H,25,29)(H,26,30). The first-order valence-electron chi connectivity index (χ1n) is 9.31. The first kappa shape index (κ1) is 19.2. The van der Waals surface area contributed by atoms with Gasteiger partial charge in [0.25, 0.3) is 5.91 Å². The third kappa shape index (κ3) is 3.75. The predicted octanol–water partition coefficient (Wildman–Crippen LogP) is 2.39. The Morgan fingerprint density at radius 3 is 2.40 bits per heavy atom. The highest BCUT2D eigenvalue weighted by Crippen LogP contribution is 2.18. The lowest BCUT2D eigenvalue weighted by molar-refractivity contribution is -0.119. The van der Waals surface area contributed by atoms with Gasteiger partial charge in [0.05, 0.1) is 6.20 Å². The van der Waals surface area contributed by atoms with Crippen LogP contribution < -0.4 is 10.6 Å². The van der Waals surface area contributed by atoms with E-state index >= 15 is 0 Å². The molecule has 0 aliphatic rings. The van der Waals surface area contributed by atoms with Crippen molar-refractivity contribution >= 4 is 28.8 Å². The van der Waals surface area contributed by atoms with Crippen molar-refractivity contribution in [2.24, 2.45) is 0 Å². The summed E-state index contributed by atoms with van der Waals surface area (Å²) < 4.78 is 3.11. The smallest absolute Gasteiger partial charge is 0.261 e. The highest BCUT2D eigenvalue weighted by molar-refractivity contribution is 6.08. The van der Waals surface area contributed by atoms with Gasteiger partial charge in [-0.15, -0.1) is 0 Å². The van der Waals surface area contributed by atoms with E-state index in [1.807, 2.05) is 19.9 Å². The molecular formula is C20H20N8O2. The Balaban J connectivity index is 1.45. The maximum Gasteiger partial charge on any atom is 0.261 e. The molecule has 0 bridgehead atoms. The third-order valence-corrected chi connectivity index (χ3v) is 4.65. The summed E-state index contributed by atoms with van der Waals surface area (Å²) in [5.74, 6) is -0.528. The Hall–Kier alpha value is -4.08. The van der Waals surface area contributed by atoms with Crippen molar-refractivity contribution in [3.05, 3.63) is 66.1 Å². The fourth-order valence-electron chi connectivity index (χ4n) is 3.05. The van der Waals surface area contributed by atoms with Crippen LogP contribution >= 0.6 is 0 Å². The Labute approximate surface area is 172 Å². The molecule has 30 heavy (non-hydrogen) atoms. The van der Waals surface area contributed by atoms with Gasteiger partial charge in [-0.05, 0) is 51.1 Å². The SMILES string of the molecule is Cc1cc(C)n2ncc(C(=O)Nc3ccc(NC(=O)C(C)n4cncn4)cc3)c2n1. The van der Waals surface area contributed by atoms with Crippen LogP contribution in [-0.2, 0) is 4.79 Å². The summed E-state index contributed by atoms with van der Waals surface area (Å²) in [6.45, 7) is 5.51. The molecule has 1 atom stereocenters. The van der Waals surface area contributed by atoms with Crippen LogP contribution in [0.5, 0.6) is 0 Å². The van der Waals surface area contributed by atoms with Gasteiger partial charge in [-0.1, -0.05) is 0 Å². The number of hydrogen-bond acceptors (Lipinski definition) is 6. The molecule has 10 heteroatoms. The van der Waals surface area contributed by atoms with E-state index in [0.717, 1.165) is 11.4 Å².